The molecule has 18 heavy (non-hydrogen) atoms. The third-order valence-corrected chi connectivity index (χ3v) is 6.16. The summed E-state index contributed by atoms with van der Waals surface area (Å²) >= 11 is 1.13. The van der Waals surface area contributed by atoms with E-state index in [0.29, 0.717) is 5.56 Å². The van der Waals surface area contributed by atoms with Crippen molar-refractivity contribution in [1.29, 1.82) is 0 Å². The Morgan fingerprint density at radius 3 is 2.33 bits per heavy atom. The quantitative estimate of drug-likeness (QED) is 0.809. The molecule has 0 radical (unpaired) electrons. The predicted molar refractivity (Wildman–Crippen MR) is 71.7 cm³/mol. The summed E-state index contributed by atoms with van der Waals surface area (Å²) < 4.78 is 24.6. The molecular formula is C13H12O3S2. The van der Waals surface area contributed by atoms with E-state index in [1.807, 2.05) is 0 Å². The number of rotatable bonds is 4. The Hall–Kier alpha value is -1.46. The number of carbonyl (C=O) groups is 1. The Bertz CT molecular complexity index is 628. The number of hydrogen-bond donors (Lipinski definition) is 0. The van der Waals surface area contributed by atoms with Crippen LogP contribution in [0, 0.1) is 0 Å². The minimum atomic E-state index is -3.57. The smallest absolute Gasteiger partial charge is 0.197 e. The van der Waals surface area contributed by atoms with E-state index in [4.69, 9.17) is 0 Å². The van der Waals surface area contributed by atoms with E-state index in [0.717, 1.165) is 11.3 Å². The zero-order valence-corrected chi connectivity index (χ0v) is 11.4. The van der Waals surface area contributed by atoms with E-state index >= 15 is 0 Å². The van der Waals surface area contributed by atoms with Gasteiger partial charge >= 0.3 is 0 Å². The van der Waals surface area contributed by atoms with Gasteiger partial charge in [0.15, 0.2) is 15.6 Å². The highest BCUT2D eigenvalue weighted by Crippen LogP contribution is 2.23. The van der Waals surface area contributed by atoms with Crippen LogP contribution in [0.15, 0.2) is 52.1 Å². The molecule has 0 spiro atoms. The fraction of sp³-hybridized carbons (Fsp3) is 0.154. The Kier molecular flexibility index (Phi) is 3.63. The van der Waals surface area contributed by atoms with E-state index in [-0.39, 0.29) is 9.99 Å². The van der Waals surface area contributed by atoms with Gasteiger partial charge in [0.1, 0.15) is 9.46 Å². The molecule has 2 aromatic rings. The van der Waals surface area contributed by atoms with Gasteiger partial charge in [0.25, 0.3) is 0 Å². The average molecular weight is 280 g/mol. The van der Waals surface area contributed by atoms with Crippen LogP contribution in [0.25, 0.3) is 0 Å². The molecule has 0 aliphatic rings. The maximum Gasteiger partial charge on any atom is 0.197 e. The minimum absolute atomic E-state index is 0.235. The Balaban J connectivity index is 2.33. The van der Waals surface area contributed by atoms with Crippen molar-refractivity contribution in [2.75, 3.05) is 0 Å². The van der Waals surface area contributed by atoms with Gasteiger partial charge < -0.3 is 0 Å². The van der Waals surface area contributed by atoms with Gasteiger partial charge in [-0.25, -0.2) is 8.42 Å². The molecule has 1 atom stereocenters. The summed E-state index contributed by atoms with van der Waals surface area (Å²) in [6.07, 6.45) is 0. The van der Waals surface area contributed by atoms with Crippen molar-refractivity contribution in [3.8, 4) is 0 Å². The minimum Gasteiger partial charge on any atom is -0.293 e. The second-order valence-corrected chi connectivity index (χ2v) is 7.29. The van der Waals surface area contributed by atoms with Crippen molar-refractivity contribution in [2.45, 2.75) is 16.4 Å². The van der Waals surface area contributed by atoms with Crippen molar-refractivity contribution < 1.29 is 13.2 Å². The Morgan fingerprint density at radius 1 is 1.11 bits per heavy atom. The molecular weight excluding hydrogens is 268 g/mol. The Morgan fingerprint density at radius 2 is 1.78 bits per heavy atom. The lowest BCUT2D eigenvalue weighted by Crippen LogP contribution is -2.26. The van der Waals surface area contributed by atoms with Crippen LogP contribution in [0.2, 0.25) is 0 Å². The van der Waals surface area contributed by atoms with Gasteiger partial charge in [0.05, 0.1) is 0 Å². The summed E-state index contributed by atoms with van der Waals surface area (Å²) in [5, 5.41) is 0.630. The third-order valence-electron chi connectivity index (χ3n) is 2.67. The molecule has 5 heteroatoms. The van der Waals surface area contributed by atoms with Crippen molar-refractivity contribution in [2.24, 2.45) is 0 Å². The fourth-order valence-corrected chi connectivity index (χ4v) is 4.20. The van der Waals surface area contributed by atoms with Crippen LogP contribution >= 0.6 is 11.3 Å². The summed E-state index contributed by atoms with van der Waals surface area (Å²) in [7, 11) is -3.57. The SMILES string of the molecule is CC(C(=O)c1ccccc1)S(=O)(=O)c1cccs1. The van der Waals surface area contributed by atoms with Crippen LogP contribution in [-0.2, 0) is 9.84 Å². The Labute approximate surface area is 110 Å². The molecule has 0 aliphatic carbocycles. The highest BCUT2D eigenvalue weighted by molar-refractivity contribution is 7.94. The lowest BCUT2D eigenvalue weighted by molar-refractivity contribution is 0.0991. The highest BCUT2D eigenvalue weighted by atomic mass is 32.2. The molecule has 1 heterocycles. The van der Waals surface area contributed by atoms with Crippen LogP contribution in [0.1, 0.15) is 17.3 Å². The van der Waals surface area contributed by atoms with Gasteiger partial charge in [-0.05, 0) is 18.4 Å². The number of thiophene rings is 1. The zero-order valence-electron chi connectivity index (χ0n) is 9.74. The first kappa shape index (κ1) is 13.0. The van der Waals surface area contributed by atoms with E-state index in [9.17, 15) is 13.2 Å². The molecule has 2 rings (SSSR count). The second-order valence-electron chi connectivity index (χ2n) is 3.85. The molecule has 94 valence electrons. The lowest BCUT2D eigenvalue weighted by Gasteiger charge is -2.10. The first-order chi connectivity index (χ1) is 8.53. The van der Waals surface area contributed by atoms with E-state index in [1.54, 1.807) is 41.8 Å². The van der Waals surface area contributed by atoms with Crippen molar-refractivity contribution in [3.05, 3.63) is 53.4 Å². The molecule has 0 saturated carbocycles. The number of hydrogen-bond acceptors (Lipinski definition) is 4. The summed E-state index contributed by atoms with van der Waals surface area (Å²) in [6, 6.07) is 11.7. The third kappa shape index (κ3) is 2.37. The van der Waals surface area contributed by atoms with E-state index < -0.39 is 15.1 Å². The summed E-state index contributed by atoms with van der Waals surface area (Å²) in [5.74, 6) is -0.371. The van der Waals surface area contributed by atoms with Gasteiger partial charge in [-0.1, -0.05) is 36.4 Å². The summed E-state index contributed by atoms with van der Waals surface area (Å²) in [4.78, 5) is 12.1. The maximum atomic E-state index is 12.2. The number of carbonyl (C=O) groups excluding carboxylic acids is 1. The van der Waals surface area contributed by atoms with Crippen molar-refractivity contribution in [3.63, 3.8) is 0 Å². The average Bonchev–Trinajstić information content (AvgIpc) is 2.92. The fourth-order valence-electron chi connectivity index (χ4n) is 1.58. The zero-order chi connectivity index (χ0) is 13.2. The molecule has 1 aromatic carbocycles. The molecule has 3 nitrogen and oxygen atoms in total. The molecule has 0 saturated heterocycles. The molecule has 0 N–H and O–H groups in total. The van der Waals surface area contributed by atoms with E-state index in [1.165, 1.54) is 13.0 Å². The van der Waals surface area contributed by atoms with Crippen molar-refractivity contribution >= 4 is 27.0 Å². The van der Waals surface area contributed by atoms with Crippen molar-refractivity contribution in [1.82, 2.24) is 0 Å². The van der Waals surface area contributed by atoms with Gasteiger partial charge in [-0.15, -0.1) is 11.3 Å². The van der Waals surface area contributed by atoms with Gasteiger partial charge in [-0.3, -0.25) is 4.79 Å². The van der Waals surface area contributed by atoms with E-state index in [2.05, 4.69) is 0 Å². The van der Waals surface area contributed by atoms with Gasteiger partial charge in [0.2, 0.25) is 0 Å². The molecule has 0 fully saturated rings. The first-order valence-electron chi connectivity index (χ1n) is 5.40. The van der Waals surface area contributed by atoms with Gasteiger partial charge in [-0.2, -0.15) is 0 Å². The summed E-state index contributed by atoms with van der Waals surface area (Å²) in [6.45, 7) is 1.43. The largest absolute Gasteiger partial charge is 0.293 e. The molecule has 0 amide bonds. The molecule has 0 bridgehead atoms. The molecule has 1 aromatic heterocycles. The second kappa shape index (κ2) is 5.04. The van der Waals surface area contributed by atoms with Crippen LogP contribution < -0.4 is 0 Å². The van der Waals surface area contributed by atoms with Gasteiger partial charge in [0, 0.05) is 5.56 Å². The van der Waals surface area contributed by atoms with Crippen LogP contribution in [0.5, 0.6) is 0 Å². The normalized spacial score (nSPS) is 13.2. The molecule has 0 aliphatic heterocycles. The number of ketones is 1. The standard InChI is InChI=1S/C13H12O3S2/c1-10(13(14)11-6-3-2-4-7-11)18(15,16)12-8-5-9-17-12/h2-10H,1H3. The number of Topliss-reactive ketones (excluding diaryl/α,β-unsaturated/α-hetero) is 1. The predicted octanol–water partition coefficient (Wildman–Crippen LogP) is 2.79. The topological polar surface area (TPSA) is 51.2 Å². The highest BCUT2D eigenvalue weighted by Gasteiger charge is 2.30. The molecule has 1 unspecified atom stereocenters. The maximum absolute atomic E-state index is 12.2. The first-order valence-corrected chi connectivity index (χ1v) is 7.83. The lowest BCUT2D eigenvalue weighted by atomic mass is 10.1. The van der Waals surface area contributed by atoms with Crippen LogP contribution in [0.3, 0.4) is 0 Å². The van der Waals surface area contributed by atoms with Crippen LogP contribution in [-0.4, -0.2) is 19.5 Å². The monoisotopic (exact) mass is 280 g/mol. The number of benzene rings is 1. The summed E-state index contributed by atoms with van der Waals surface area (Å²) in [5.41, 5.74) is 0.421. The van der Waals surface area contributed by atoms with Crippen LogP contribution in [0.4, 0.5) is 0 Å². The number of sulfone groups is 1.